The fourth-order valence-corrected chi connectivity index (χ4v) is 2.87. The maximum atomic E-state index is 12.6. The van der Waals surface area contributed by atoms with Gasteiger partial charge >= 0.3 is 0 Å². The Kier molecular flexibility index (Phi) is 5.17. The average molecular weight is 348 g/mol. The van der Waals surface area contributed by atoms with Crippen LogP contribution in [-0.2, 0) is 4.79 Å². The first kappa shape index (κ1) is 17.5. The van der Waals surface area contributed by atoms with E-state index in [9.17, 15) is 9.59 Å². The second-order valence-electron chi connectivity index (χ2n) is 6.05. The van der Waals surface area contributed by atoms with Crippen LogP contribution in [0, 0.1) is 0 Å². The molecule has 0 aliphatic rings. The molecule has 0 fully saturated rings. The van der Waals surface area contributed by atoms with E-state index < -0.39 is 5.91 Å². The molecule has 1 unspecified atom stereocenters. The molecule has 0 aliphatic heterocycles. The fourth-order valence-electron chi connectivity index (χ4n) is 2.87. The molecule has 0 saturated heterocycles. The number of benzene rings is 3. The number of hydrogen-bond donors (Lipinski definition) is 2. The summed E-state index contributed by atoms with van der Waals surface area (Å²) < 4.78 is 5.25. The molecule has 1 atom stereocenters. The second kappa shape index (κ2) is 7.70. The molecular formula is C21H20N2O3. The van der Waals surface area contributed by atoms with Gasteiger partial charge in [-0.15, -0.1) is 0 Å². The highest BCUT2D eigenvalue weighted by molar-refractivity contribution is 5.95. The molecule has 3 aromatic rings. The number of nitrogens with one attached hydrogen (secondary N) is 1. The van der Waals surface area contributed by atoms with E-state index in [0.717, 1.165) is 16.3 Å². The van der Waals surface area contributed by atoms with Gasteiger partial charge in [0.05, 0.1) is 6.04 Å². The summed E-state index contributed by atoms with van der Waals surface area (Å²) in [6.07, 6.45) is 0. The molecule has 132 valence electrons. The third-order valence-corrected chi connectivity index (χ3v) is 4.11. The first-order chi connectivity index (χ1) is 12.5. The van der Waals surface area contributed by atoms with E-state index in [-0.39, 0.29) is 18.6 Å². The van der Waals surface area contributed by atoms with Crippen molar-refractivity contribution >= 4 is 22.6 Å². The van der Waals surface area contributed by atoms with Gasteiger partial charge in [0.2, 0.25) is 0 Å². The monoisotopic (exact) mass is 348 g/mol. The Morgan fingerprint density at radius 1 is 1.04 bits per heavy atom. The SMILES string of the molecule is CC(NC(=O)c1cccc(OCC(N)=O)c1)c1cccc2ccccc12. The maximum Gasteiger partial charge on any atom is 0.255 e. The summed E-state index contributed by atoms with van der Waals surface area (Å²) in [5, 5.41) is 5.26. The van der Waals surface area contributed by atoms with Crippen LogP contribution in [0.1, 0.15) is 28.9 Å². The molecule has 0 aromatic heterocycles. The fraction of sp³-hybridized carbons (Fsp3) is 0.143. The standard InChI is InChI=1S/C21H20N2O3/c1-14(18-11-5-7-15-6-2-3-10-19(15)18)23-21(25)16-8-4-9-17(12-16)26-13-20(22)24/h2-12,14H,13H2,1H3,(H2,22,24)(H,23,25). The topological polar surface area (TPSA) is 81.4 Å². The molecular weight excluding hydrogens is 328 g/mol. The number of hydrogen-bond acceptors (Lipinski definition) is 3. The summed E-state index contributed by atoms with van der Waals surface area (Å²) in [7, 11) is 0. The molecule has 0 radical (unpaired) electrons. The Morgan fingerprint density at radius 3 is 2.58 bits per heavy atom. The Hall–Kier alpha value is -3.34. The van der Waals surface area contributed by atoms with Crippen molar-refractivity contribution in [2.75, 3.05) is 6.61 Å². The molecule has 3 rings (SSSR count). The minimum absolute atomic E-state index is 0.163. The Labute approximate surface area is 151 Å². The lowest BCUT2D eigenvalue weighted by molar-refractivity contribution is -0.119. The normalized spacial score (nSPS) is 11.7. The van der Waals surface area contributed by atoms with E-state index >= 15 is 0 Å². The number of ether oxygens (including phenoxy) is 1. The minimum Gasteiger partial charge on any atom is -0.484 e. The van der Waals surface area contributed by atoms with Crippen LogP contribution in [0.25, 0.3) is 10.8 Å². The van der Waals surface area contributed by atoms with Gasteiger partial charge in [-0.1, -0.05) is 48.5 Å². The van der Waals surface area contributed by atoms with Crippen molar-refractivity contribution in [3.05, 3.63) is 77.9 Å². The zero-order chi connectivity index (χ0) is 18.5. The van der Waals surface area contributed by atoms with Crippen molar-refractivity contribution in [2.45, 2.75) is 13.0 Å². The van der Waals surface area contributed by atoms with Crippen LogP contribution in [-0.4, -0.2) is 18.4 Å². The van der Waals surface area contributed by atoms with Crippen LogP contribution >= 0.6 is 0 Å². The van der Waals surface area contributed by atoms with E-state index in [1.165, 1.54) is 0 Å². The zero-order valence-corrected chi connectivity index (χ0v) is 14.4. The predicted molar refractivity (Wildman–Crippen MR) is 101 cm³/mol. The highest BCUT2D eigenvalue weighted by atomic mass is 16.5. The molecule has 5 nitrogen and oxygen atoms in total. The molecule has 2 amide bonds. The summed E-state index contributed by atoms with van der Waals surface area (Å²) in [5.74, 6) is -0.353. The van der Waals surface area contributed by atoms with Gasteiger partial charge in [0.25, 0.3) is 11.8 Å². The summed E-state index contributed by atoms with van der Waals surface area (Å²) in [6, 6.07) is 20.6. The molecule has 0 bridgehead atoms. The molecule has 5 heteroatoms. The maximum absolute atomic E-state index is 12.6. The summed E-state index contributed by atoms with van der Waals surface area (Å²) in [4.78, 5) is 23.4. The van der Waals surface area contributed by atoms with Gasteiger partial charge < -0.3 is 15.8 Å². The van der Waals surface area contributed by atoms with Crippen molar-refractivity contribution < 1.29 is 14.3 Å². The zero-order valence-electron chi connectivity index (χ0n) is 14.4. The van der Waals surface area contributed by atoms with E-state index in [2.05, 4.69) is 5.32 Å². The van der Waals surface area contributed by atoms with Gasteiger partial charge in [0.15, 0.2) is 6.61 Å². The van der Waals surface area contributed by atoms with E-state index in [1.54, 1.807) is 24.3 Å². The van der Waals surface area contributed by atoms with Crippen LogP contribution in [0.5, 0.6) is 5.75 Å². The minimum atomic E-state index is -0.565. The lowest BCUT2D eigenvalue weighted by Gasteiger charge is -2.17. The van der Waals surface area contributed by atoms with Gasteiger partial charge in [0, 0.05) is 5.56 Å². The molecule has 0 aliphatic carbocycles. The number of fused-ring (bicyclic) bond motifs is 1. The first-order valence-corrected chi connectivity index (χ1v) is 8.34. The van der Waals surface area contributed by atoms with Crippen molar-refractivity contribution in [3.63, 3.8) is 0 Å². The third-order valence-electron chi connectivity index (χ3n) is 4.11. The van der Waals surface area contributed by atoms with E-state index in [0.29, 0.717) is 11.3 Å². The molecule has 0 spiro atoms. The largest absolute Gasteiger partial charge is 0.484 e. The molecule has 3 N–H and O–H groups in total. The highest BCUT2D eigenvalue weighted by Gasteiger charge is 2.14. The number of primary amides is 1. The summed E-state index contributed by atoms with van der Waals surface area (Å²) in [5.41, 5.74) is 6.58. The molecule has 0 saturated carbocycles. The van der Waals surface area contributed by atoms with E-state index in [4.69, 9.17) is 10.5 Å². The summed E-state index contributed by atoms with van der Waals surface area (Å²) >= 11 is 0. The number of nitrogens with two attached hydrogens (primary N) is 1. The highest BCUT2D eigenvalue weighted by Crippen LogP contribution is 2.24. The van der Waals surface area contributed by atoms with Crippen molar-refractivity contribution in [1.29, 1.82) is 0 Å². The number of carbonyl (C=O) groups excluding carboxylic acids is 2. The lowest BCUT2D eigenvalue weighted by Crippen LogP contribution is -2.27. The Morgan fingerprint density at radius 2 is 1.77 bits per heavy atom. The van der Waals surface area contributed by atoms with Gasteiger partial charge in [-0.25, -0.2) is 0 Å². The quantitative estimate of drug-likeness (QED) is 0.718. The van der Waals surface area contributed by atoms with Gasteiger partial charge in [-0.05, 0) is 41.5 Å². The van der Waals surface area contributed by atoms with Gasteiger partial charge in [-0.3, -0.25) is 9.59 Å². The van der Waals surface area contributed by atoms with E-state index in [1.807, 2.05) is 49.4 Å². The van der Waals surface area contributed by atoms with Crippen LogP contribution in [0.2, 0.25) is 0 Å². The first-order valence-electron chi connectivity index (χ1n) is 8.34. The third kappa shape index (κ3) is 4.00. The van der Waals surface area contributed by atoms with Crippen LogP contribution < -0.4 is 15.8 Å². The molecule has 0 heterocycles. The van der Waals surface area contributed by atoms with Crippen LogP contribution in [0.15, 0.2) is 66.7 Å². The number of amides is 2. The summed E-state index contributed by atoms with van der Waals surface area (Å²) in [6.45, 7) is 1.73. The smallest absolute Gasteiger partial charge is 0.255 e. The molecule has 3 aromatic carbocycles. The second-order valence-corrected chi connectivity index (χ2v) is 6.05. The van der Waals surface area contributed by atoms with Crippen molar-refractivity contribution in [2.24, 2.45) is 5.73 Å². The average Bonchev–Trinajstić information content (AvgIpc) is 2.66. The number of rotatable bonds is 6. The number of carbonyl (C=O) groups is 2. The van der Waals surface area contributed by atoms with Crippen molar-refractivity contribution in [3.8, 4) is 5.75 Å². The van der Waals surface area contributed by atoms with Crippen LogP contribution in [0.3, 0.4) is 0 Å². The lowest BCUT2D eigenvalue weighted by atomic mass is 9.99. The van der Waals surface area contributed by atoms with Gasteiger partial charge in [-0.2, -0.15) is 0 Å². The van der Waals surface area contributed by atoms with Crippen molar-refractivity contribution in [1.82, 2.24) is 5.32 Å². The Bertz CT molecular complexity index is 947. The van der Waals surface area contributed by atoms with Gasteiger partial charge in [0.1, 0.15) is 5.75 Å². The predicted octanol–water partition coefficient (Wildman–Crippen LogP) is 3.19. The van der Waals surface area contributed by atoms with Crippen LogP contribution in [0.4, 0.5) is 0 Å². The molecule has 26 heavy (non-hydrogen) atoms. The Balaban J connectivity index is 1.77.